The molecule has 0 bridgehead atoms. The highest BCUT2D eigenvalue weighted by molar-refractivity contribution is 5.99. The molecule has 6 heteroatoms. The fourth-order valence-corrected chi connectivity index (χ4v) is 2.94. The molecule has 0 fully saturated rings. The molecule has 0 aliphatic carbocycles. The number of Topliss-reactive ketones (excluding diaryl/α,β-unsaturated/α-hetero) is 1. The molecule has 2 aromatic rings. The van der Waals surface area contributed by atoms with Gasteiger partial charge in [0.15, 0.2) is 5.78 Å². The van der Waals surface area contributed by atoms with Gasteiger partial charge in [-0.1, -0.05) is 19.9 Å². The molecule has 1 amide bonds. The third kappa shape index (κ3) is 4.53. The van der Waals surface area contributed by atoms with E-state index in [1.165, 1.54) is 0 Å². The summed E-state index contributed by atoms with van der Waals surface area (Å²) < 4.78 is 0. The molecule has 0 saturated carbocycles. The summed E-state index contributed by atoms with van der Waals surface area (Å²) in [6, 6.07) is 9.81. The molecule has 6 nitrogen and oxygen atoms in total. The molecular formula is C21H26N4O2. The van der Waals surface area contributed by atoms with Crippen molar-refractivity contribution >= 4 is 23.2 Å². The van der Waals surface area contributed by atoms with Crippen LogP contribution >= 0.6 is 0 Å². The summed E-state index contributed by atoms with van der Waals surface area (Å²) in [5.74, 6) is -0.565. The van der Waals surface area contributed by atoms with Crippen LogP contribution in [0.15, 0.2) is 36.4 Å². The third-order valence-corrected chi connectivity index (χ3v) is 4.51. The van der Waals surface area contributed by atoms with Crippen LogP contribution in [0.2, 0.25) is 0 Å². The first kappa shape index (κ1) is 20.2. The number of benzene rings is 2. The van der Waals surface area contributed by atoms with E-state index >= 15 is 0 Å². The van der Waals surface area contributed by atoms with Crippen LogP contribution in [-0.4, -0.2) is 17.5 Å². The maximum absolute atomic E-state index is 12.4. The lowest BCUT2D eigenvalue weighted by atomic mass is 9.90. The van der Waals surface area contributed by atoms with E-state index < -0.39 is 11.9 Å². The highest BCUT2D eigenvalue weighted by Crippen LogP contribution is 2.27. The van der Waals surface area contributed by atoms with Crippen molar-refractivity contribution < 1.29 is 9.59 Å². The summed E-state index contributed by atoms with van der Waals surface area (Å²) in [5, 5.41) is 10.6. The Labute approximate surface area is 159 Å². The van der Waals surface area contributed by atoms with Gasteiger partial charge in [0, 0.05) is 22.7 Å². The summed E-state index contributed by atoms with van der Waals surface area (Å²) in [6.45, 7) is 7.45. The average molecular weight is 366 g/mol. The van der Waals surface area contributed by atoms with Gasteiger partial charge >= 0.3 is 0 Å². The minimum Gasteiger partial charge on any atom is -0.384 e. The van der Waals surface area contributed by atoms with Gasteiger partial charge in [-0.05, 0) is 60.9 Å². The molecular weight excluding hydrogens is 340 g/mol. The summed E-state index contributed by atoms with van der Waals surface area (Å²) >= 11 is 0. The van der Waals surface area contributed by atoms with Gasteiger partial charge in [0.2, 0.25) is 5.91 Å². The van der Waals surface area contributed by atoms with Crippen molar-refractivity contribution in [1.82, 2.24) is 0 Å². The molecule has 0 radical (unpaired) electrons. The average Bonchev–Trinajstić information content (AvgIpc) is 2.61. The largest absolute Gasteiger partial charge is 0.384 e. The van der Waals surface area contributed by atoms with E-state index in [1.54, 1.807) is 24.3 Å². The first-order valence-electron chi connectivity index (χ1n) is 8.77. The molecule has 2 aromatic carbocycles. The van der Waals surface area contributed by atoms with Crippen molar-refractivity contribution in [3.05, 3.63) is 64.2 Å². The van der Waals surface area contributed by atoms with Crippen LogP contribution < -0.4 is 16.8 Å². The SMILES string of the molecule is Cc1cc(C(Nc2ccc(C(=N)N)cc2)C(N)=O)c(C)cc1C(=O)C(C)C. The molecule has 1 atom stereocenters. The van der Waals surface area contributed by atoms with Gasteiger partial charge in [-0.2, -0.15) is 0 Å². The van der Waals surface area contributed by atoms with E-state index in [0.717, 1.165) is 16.7 Å². The molecule has 27 heavy (non-hydrogen) atoms. The molecule has 0 heterocycles. The molecule has 0 aliphatic rings. The predicted molar refractivity (Wildman–Crippen MR) is 108 cm³/mol. The molecule has 1 unspecified atom stereocenters. The van der Waals surface area contributed by atoms with E-state index in [0.29, 0.717) is 16.8 Å². The molecule has 0 aliphatic heterocycles. The summed E-state index contributed by atoms with van der Waals surface area (Å²) in [6.07, 6.45) is 0. The van der Waals surface area contributed by atoms with E-state index in [9.17, 15) is 9.59 Å². The summed E-state index contributed by atoms with van der Waals surface area (Å²) in [5.41, 5.74) is 15.4. The number of rotatable bonds is 7. The number of anilines is 1. The predicted octanol–water partition coefficient (Wildman–Crippen LogP) is 3.06. The fourth-order valence-electron chi connectivity index (χ4n) is 2.94. The van der Waals surface area contributed by atoms with Gasteiger partial charge in [-0.15, -0.1) is 0 Å². The molecule has 0 aromatic heterocycles. The van der Waals surface area contributed by atoms with Crippen LogP contribution in [-0.2, 0) is 4.79 Å². The first-order valence-corrected chi connectivity index (χ1v) is 8.77. The van der Waals surface area contributed by atoms with Crippen LogP contribution in [0.25, 0.3) is 0 Å². The zero-order valence-corrected chi connectivity index (χ0v) is 16.1. The van der Waals surface area contributed by atoms with Crippen LogP contribution in [0.4, 0.5) is 5.69 Å². The van der Waals surface area contributed by atoms with Gasteiger partial charge in [0.05, 0.1) is 0 Å². The zero-order chi connectivity index (χ0) is 20.3. The normalized spacial score (nSPS) is 11.9. The third-order valence-electron chi connectivity index (χ3n) is 4.51. The van der Waals surface area contributed by atoms with Gasteiger partial charge < -0.3 is 16.8 Å². The second-order valence-electron chi connectivity index (χ2n) is 7.01. The van der Waals surface area contributed by atoms with Crippen molar-refractivity contribution in [2.45, 2.75) is 33.7 Å². The Balaban J connectivity index is 2.39. The highest BCUT2D eigenvalue weighted by Gasteiger charge is 2.23. The number of nitrogens with two attached hydrogens (primary N) is 2. The second kappa shape index (κ2) is 8.03. The number of nitrogen functional groups attached to an aromatic ring is 1. The Hall–Kier alpha value is -3.15. The monoisotopic (exact) mass is 366 g/mol. The van der Waals surface area contributed by atoms with E-state index in [4.69, 9.17) is 16.9 Å². The quantitative estimate of drug-likeness (QED) is 0.342. The number of hydrogen-bond donors (Lipinski definition) is 4. The number of primary amides is 1. The van der Waals surface area contributed by atoms with Crippen molar-refractivity contribution in [1.29, 1.82) is 5.41 Å². The van der Waals surface area contributed by atoms with E-state index in [-0.39, 0.29) is 17.5 Å². The molecule has 6 N–H and O–H groups in total. The Morgan fingerprint density at radius 3 is 2.07 bits per heavy atom. The second-order valence-corrected chi connectivity index (χ2v) is 7.01. The van der Waals surface area contributed by atoms with Crippen LogP contribution in [0.3, 0.4) is 0 Å². The van der Waals surface area contributed by atoms with Gasteiger partial charge in [-0.3, -0.25) is 15.0 Å². The highest BCUT2D eigenvalue weighted by atomic mass is 16.1. The van der Waals surface area contributed by atoms with Crippen LogP contribution in [0.5, 0.6) is 0 Å². The summed E-state index contributed by atoms with van der Waals surface area (Å²) in [4.78, 5) is 24.5. The van der Waals surface area contributed by atoms with Gasteiger partial charge in [-0.25, -0.2) is 0 Å². The topological polar surface area (TPSA) is 122 Å². The lowest BCUT2D eigenvalue weighted by molar-refractivity contribution is -0.118. The smallest absolute Gasteiger partial charge is 0.244 e. The lowest BCUT2D eigenvalue weighted by Gasteiger charge is -2.21. The summed E-state index contributed by atoms with van der Waals surface area (Å²) in [7, 11) is 0. The van der Waals surface area contributed by atoms with Crippen LogP contribution in [0.1, 0.15) is 52.5 Å². The number of hydrogen-bond acceptors (Lipinski definition) is 4. The minimum absolute atomic E-state index is 0.0233. The zero-order valence-electron chi connectivity index (χ0n) is 16.1. The number of amides is 1. The minimum atomic E-state index is -0.741. The van der Waals surface area contributed by atoms with Crippen molar-refractivity contribution in [3.63, 3.8) is 0 Å². The number of aryl methyl sites for hydroxylation is 2. The first-order chi connectivity index (χ1) is 12.6. The number of amidine groups is 1. The standard InChI is InChI=1S/C21H26N4O2/c1-11(2)19(26)17-10-12(3)16(9-13(17)4)18(21(24)27)25-15-7-5-14(6-8-15)20(22)23/h5-11,18,25H,1-4H3,(H3,22,23)(H2,24,27). The molecule has 142 valence electrons. The molecule has 2 rings (SSSR count). The Kier molecular flexibility index (Phi) is 6.00. The van der Waals surface area contributed by atoms with Gasteiger partial charge in [0.25, 0.3) is 0 Å². The number of nitrogens with one attached hydrogen (secondary N) is 2. The maximum atomic E-state index is 12.4. The van der Waals surface area contributed by atoms with E-state index in [1.807, 2.05) is 39.8 Å². The number of ketones is 1. The Morgan fingerprint density at radius 2 is 1.59 bits per heavy atom. The Bertz CT molecular complexity index is 886. The number of carbonyl (C=O) groups is 2. The Morgan fingerprint density at radius 1 is 1.00 bits per heavy atom. The van der Waals surface area contributed by atoms with Crippen molar-refractivity contribution in [2.75, 3.05) is 5.32 Å². The fraction of sp³-hybridized carbons (Fsp3) is 0.286. The molecule has 0 spiro atoms. The van der Waals surface area contributed by atoms with Crippen molar-refractivity contribution in [3.8, 4) is 0 Å². The number of carbonyl (C=O) groups excluding carboxylic acids is 2. The van der Waals surface area contributed by atoms with Crippen LogP contribution in [0, 0.1) is 25.2 Å². The van der Waals surface area contributed by atoms with Crippen molar-refractivity contribution in [2.24, 2.45) is 17.4 Å². The molecule has 0 saturated heterocycles. The van der Waals surface area contributed by atoms with Gasteiger partial charge in [0.1, 0.15) is 11.9 Å². The van der Waals surface area contributed by atoms with E-state index in [2.05, 4.69) is 5.32 Å². The maximum Gasteiger partial charge on any atom is 0.244 e. The lowest BCUT2D eigenvalue weighted by Crippen LogP contribution is -2.28.